The molecule has 1 aliphatic rings. The largest absolute Gasteiger partial charge is 0.368 e. The van der Waals surface area contributed by atoms with Crippen molar-refractivity contribution in [3.8, 4) is 0 Å². The van der Waals surface area contributed by atoms with Crippen molar-refractivity contribution in [3.05, 3.63) is 54.1 Å². The lowest BCUT2D eigenvalue weighted by Gasteiger charge is -2.31. The van der Waals surface area contributed by atoms with Gasteiger partial charge in [-0.3, -0.25) is 4.90 Å². The van der Waals surface area contributed by atoms with Crippen LogP contribution in [-0.2, 0) is 11.8 Å². The molecule has 3 rings (SSSR count). The van der Waals surface area contributed by atoms with Gasteiger partial charge in [-0.2, -0.15) is 0 Å². The first kappa shape index (κ1) is 14.0. The number of rotatable bonds is 4. The summed E-state index contributed by atoms with van der Waals surface area (Å²) in [6.45, 7) is 3.46. The summed E-state index contributed by atoms with van der Waals surface area (Å²) < 4.78 is 7.73. The second kappa shape index (κ2) is 6.65. The molecule has 5 nitrogen and oxygen atoms in total. The molecule has 2 heterocycles. The van der Waals surface area contributed by atoms with Crippen molar-refractivity contribution in [2.75, 3.05) is 26.2 Å². The lowest BCUT2D eigenvalue weighted by molar-refractivity contribution is -0.0318. The second-order valence-electron chi connectivity index (χ2n) is 5.23. The second-order valence-corrected chi connectivity index (χ2v) is 5.23. The molecule has 1 saturated heterocycles. The van der Waals surface area contributed by atoms with Crippen LogP contribution in [0.1, 0.15) is 17.5 Å². The van der Waals surface area contributed by atoms with E-state index in [9.17, 15) is 0 Å². The van der Waals surface area contributed by atoms with Crippen LogP contribution in [0.3, 0.4) is 0 Å². The molecule has 21 heavy (non-hydrogen) atoms. The van der Waals surface area contributed by atoms with Crippen molar-refractivity contribution < 1.29 is 4.74 Å². The molecule has 0 spiro atoms. The predicted octanol–water partition coefficient (Wildman–Crippen LogP) is 1.90. The van der Waals surface area contributed by atoms with Gasteiger partial charge >= 0.3 is 0 Å². The van der Waals surface area contributed by atoms with E-state index >= 15 is 0 Å². The van der Waals surface area contributed by atoms with E-state index < -0.39 is 0 Å². The van der Waals surface area contributed by atoms with E-state index in [1.165, 1.54) is 5.56 Å². The Hall–Kier alpha value is -1.98. The van der Waals surface area contributed by atoms with Gasteiger partial charge in [0.2, 0.25) is 0 Å². The Bertz CT molecular complexity index is 593. The number of aryl methyl sites for hydroxylation is 1. The summed E-state index contributed by atoms with van der Waals surface area (Å²) >= 11 is 0. The summed E-state index contributed by atoms with van der Waals surface area (Å²) in [5.74, 6) is 0.895. The van der Waals surface area contributed by atoms with Crippen molar-refractivity contribution >= 4 is 6.08 Å². The van der Waals surface area contributed by atoms with Gasteiger partial charge < -0.3 is 9.30 Å². The SMILES string of the molecule is Cn1cnnc1C1CN(C/C=C/c2ccccc2)CCO1. The minimum absolute atomic E-state index is 0.0105. The average Bonchev–Trinajstić information content (AvgIpc) is 2.95. The van der Waals surface area contributed by atoms with Crippen molar-refractivity contribution in [2.24, 2.45) is 7.05 Å². The number of aromatic nitrogens is 3. The molecule has 1 aromatic heterocycles. The fourth-order valence-corrected chi connectivity index (χ4v) is 2.51. The molecule has 110 valence electrons. The molecule has 1 aliphatic heterocycles. The third-order valence-electron chi connectivity index (χ3n) is 3.66. The van der Waals surface area contributed by atoms with E-state index in [-0.39, 0.29) is 6.10 Å². The van der Waals surface area contributed by atoms with Crippen molar-refractivity contribution in [1.29, 1.82) is 0 Å². The lowest BCUT2D eigenvalue weighted by atomic mass is 10.2. The highest BCUT2D eigenvalue weighted by molar-refractivity contribution is 5.48. The van der Waals surface area contributed by atoms with Crippen molar-refractivity contribution in [3.63, 3.8) is 0 Å². The molecule has 2 aromatic rings. The Morgan fingerprint density at radius 3 is 2.95 bits per heavy atom. The zero-order valence-corrected chi connectivity index (χ0v) is 12.2. The first-order valence-corrected chi connectivity index (χ1v) is 7.22. The molecule has 0 radical (unpaired) electrons. The highest BCUT2D eigenvalue weighted by Gasteiger charge is 2.24. The van der Waals surface area contributed by atoms with Gasteiger partial charge in [-0.15, -0.1) is 10.2 Å². The van der Waals surface area contributed by atoms with Crippen molar-refractivity contribution in [2.45, 2.75) is 6.10 Å². The summed E-state index contributed by atoms with van der Waals surface area (Å²) in [6, 6.07) is 10.4. The van der Waals surface area contributed by atoms with Crippen molar-refractivity contribution in [1.82, 2.24) is 19.7 Å². The maximum Gasteiger partial charge on any atom is 0.163 e. The van der Waals surface area contributed by atoms with Crippen LogP contribution in [0, 0.1) is 0 Å². The summed E-state index contributed by atoms with van der Waals surface area (Å²) in [4.78, 5) is 2.38. The first-order valence-electron chi connectivity index (χ1n) is 7.22. The van der Waals surface area contributed by atoms with Gasteiger partial charge in [0, 0.05) is 26.7 Å². The Balaban J connectivity index is 1.57. The summed E-state index contributed by atoms with van der Waals surface area (Å²) in [5, 5.41) is 8.07. The first-order chi connectivity index (χ1) is 10.3. The smallest absolute Gasteiger partial charge is 0.163 e. The van der Waals surface area contributed by atoms with Crippen LogP contribution in [-0.4, -0.2) is 45.9 Å². The summed E-state index contributed by atoms with van der Waals surface area (Å²) in [5.41, 5.74) is 1.23. The molecule has 0 N–H and O–H groups in total. The topological polar surface area (TPSA) is 43.2 Å². The summed E-state index contributed by atoms with van der Waals surface area (Å²) in [7, 11) is 1.95. The van der Waals surface area contributed by atoms with E-state index in [4.69, 9.17) is 4.74 Å². The normalized spacial score (nSPS) is 20.1. The molecule has 1 unspecified atom stereocenters. The Kier molecular flexibility index (Phi) is 4.43. The zero-order valence-electron chi connectivity index (χ0n) is 12.2. The number of morpholine rings is 1. The van der Waals surface area contributed by atoms with Gasteiger partial charge in [-0.05, 0) is 5.56 Å². The molecule has 5 heteroatoms. The molecule has 0 aliphatic carbocycles. The van der Waals surface area contributed by atoms with Crippen LogP contribution in [0.4, 0.5) is 0 Å². The van der Waals surface area contributed by atoms with E-state index in [1.807, 2.05) is 17.7 Å². The quantitative estimate of drug-likeness (QED) is 0.860. The van der Waals surface area contributed by atoms with Crippen LogP contribution >= 0.6 is 0 Å². The number of hydrogen-bond donors (Lipinski definition) is 0. The van der Waals surface area contributed by atoms with Crippen LogP contribution in [0.5, 0.6) is 0 Å². The fourth-order valence-electron chi connectivity index (χ4n) is 2.51. The zero-order chi connectivity index (χ0) is 14.5. The number of benzene rings is 1. The molecular weight excluding hydrogens is 264 g/mol. The van der Waals surface area contributed by atoms with Crippen LogP contribution in [0.15, 0.2) is 42.7 Å². The molecule has 1 atom stereocenters. The van der Waals surface area contributed by atoms with Gasteiger partial charge in [0.25, 0.3) is 0 Å². The Morgan fingerprint density at radius 1 is 1.33 bits per heavy atom. The van der Waals surface area contributed by atoms with E-state index in [0.29, 0.717) is 0 Å². The maximum absolute atomic E-state index is 5.81. The molecular formula is C16H20N4O. The predicted molar refractivity (Wildman–Crippen MR) is 81.6 cm³/mol. The molecule has 0 amide bonds. The van der Waals surface area contributed by atoms with Gasteiger partial charge in [0.1, 0.15) is 12.4 Å². The van der Waals surface area contributed by atoms with Gasteiger partial charge in [-0.25, -0.2) is 0 Å². The molecule has 1 aromatic carbocycles. The van der Waals surface area contributed by atoms with Crippen LogP contribution in [0.25, 0.3) is 6.08 Å². The highest BCUT2D eigenvalue weighted by atomic mass is 16.5. The number of nitrogens with zero attached hydrogens (tertiary/aromatic N) is 4. The molecule has 0 bridgehead atoms. The Morgan fingerprint density at radius 2 is 2.19 bits per heavy atom. The minimum Gasteiger partial charge on any atom is -0.368 e. The van der Waals surface area contributed by atoms with Gasteiger partial charge in [0.15, 0.2) is 5.82 Å². The monoisotopic (exact) mass is 284 g/mol. The molecule has 0 saturated carbocycles. The van der Waals surface area contributed by atoms with Gasteiger partial charge in [0.05, 0.1) is 6.61 Å². The van der Waals surface area contributed by atoms with E-state index in [1.54, 1.807) is 6.33 Å². The van der Waals surface area contributed by atoms with Gasteiger partial charge in [-0.1, -0.05) is 42.5 Å². The van der Waals surface area contributed by atoms with E-state index in [2.05, 4.69) is 51.5 Å². The lowest BCUT2D eigenvalue weighted by Crippen LogP contribution is -2.39. The van der Waals surface area contributed by atoms with E-state index in [0.717, 1.165) is 32.1 Å². The third kappa shape index (κ3) is 3.56. The standard InChI is InChI=1S/C16H20N4O/c1-19-13-17-18-16(19)15-12-20(10-11-21-15)9-5-8-14-6-3-2-4-7-14/h2-8,13,15H,9-12H2,1H3/b8-5+. The Labute approximate surface area is 124 Å². The average molecular weight is 284 g/mol. The number of ether oxygens (including phenoxy) is 1. The van der Waals surface area contributed by atoms with Crippen LogP contribution in [0.2, 0.25) is 0 Å². The van der Waals surface area contributed by atoms with Crippen LogP contribution < -0.4 is 0 Å². The fraction of sp³-hybridized carbons (Fsp3) is 0.375. The molecule has 1 fully saturated rings. The summed E-state index contributed by atoms with van der Waals surface area (Å²) in [6.07, 6.45) is 6.09. The highest BCUT2D eigenvalue weighted by Crippen LogP contribution is 2.19. The minimum atomic E-state index is 0.0105. The third-order valence-corrected chi connectivity index (χ3v) is 3.66. The number of hydrogen-bond acceptors (Lipinski definition) is 4. The maximum atomic E-state index is 5.81.